The minimum absolute atomic E-state index is 0.0566. The average Bonchev–Trinajstić information content (AvgIpc) is 2.11. The summed E-state index contributed by atoms with van der Waals surface area (Å²) >= 11 is 6.03. The number of aryl methyl sites for hydroxylation is 1. The summed E-state index contributed by atoms with van der Waals surface area (Å²) in [7, 11) is 1.81. The first kappa shape index (κ1) is 10.5. The second-order valence-electron chi connectivity index (χ2n) is 2.99. The lowest BCUT2D eigenvalue weighted by Crippen LogP contribution is -2.21. The number of rotatable bonds is 3. The van der Waals surface area contributed by atoms with Crippen molar-refractivity contribution in [3.05, 3.63) is 34.3 Å². The van der Waals surface area contributed by atoms with Crippen molar-refractivity contribution in [1.82, 2.24) is 5.32 Å². The van der Waals surface area contributed by atoms with Crippen LogP contribution in [-0.2, 0) is 0 Å². The van der Waals surface area contributed by atoms with Crippen LogP contribution in [0.15, 0.2) is 18.2 Å². The molecule has 0 aliphatic carbocycles. The van der Waals surface area contributed by atoms with E-state index >= 15 is 0 Å². The van der Waals surface area contributed by atoms with Crippen molar-refractivity contribution >= 4 is 11.6 Å². The van der Waals surface area contributed by atoms with E-state index in [2.05, 4.69) is 5.32 Å². The average molecular weight is 200 g/mol. The first-order valence-corrected chi connectivity index (χ1v) is 4.61. The van der Waals surface area contributed by atoms with Crippen LogP contribution in [0.25, 0.3) is 0 Å². The molecule has 0 heterocycles. The largest absolute Gasteiger partial charge is 0.394 e. The van der Waals surface area contributed by atoms with Gasteiger partial charge in [0.05, 0.1) is 12.6 Å². The molecule has 0 radical (unpaired) electrons. The van der Waals surface area contributed by atoms with Gasteiger partial charge >= 0.3 is 0 Å². The van der Waals surface area contributed by atoms with Crippen molar-refractivity contribution in [2.75, 3.05) is 13.7 Å². The second kappa shape index (κ2) is 4.61. The van der Waals surface area contributed by atoms with Gasteiger partial charge in [-0.3, -0.25) is 0 Å². The highest BCUT2D eigenvalue weighted by atomic mass is 35.5. The van der Waals surface area contributed by atoms with E-state index in [-0.39, 0.29) is 12.6 Å². The molecule has 0 amide bonds. The van der Waals surface area contributed by atoms with Crippen molar-refractivity contribution in [3.8, 4) is 0 Å². The van der Waals surface area contributed by atoms with Crippen LogP contribution in [0.1, 0.15) is 17.2 Å². The fourth-order valence-electron chi connectivity index (χ4n) is 1.41. The van der Waals surface area contributed by atoms with E-state index in [4.69, 9.17) is 16.7 Å². The molecule has 3 heteroatoms. The molecule has 0 aromatic heterocycles. The lowest BCUT2D eigenvalue weighted by atomic mass is 10.0. The molecule has 1 aromatic carbocycles. The molecule has 0 fully saturated rings. The van der Waals surface area contributed by atoms with Gasteiger partial charge in [0.1, 0.15) is 0 Å². The van der Waals surface area contributed by atoms with Crippen molar-refractivity contribution in [3.63, 3.8) is 0 Å². The van der Waals surface area contributed by atoms with E-state index in [1.165, 1.54) is 0 Å². The maximum Gasteiger partial charge on any atom is 0.0627 e. The number of aliphatic hydroxyl groups excluding tert-OH is 1. The van der Waals surface area contributed by atoms with Gasteiger partial charge in [0, 0.05) is 5.02 Å². The summed E-state index contributed by atoms with van der Waals surface area (Å²) in [4.78, 5) is 0. The molecule has 0 saturated carbocycles. The van der Waals surface area contributed by atoms with Crippen LogP contribution in [0.2, 0.25) is 5.02 Å². The van der Waals surface area contributed by atoms with E-state index in [0.29, 0.717) is 5.02 Å². The molecule has 13 heavy (non-hydrogen) atoms. The molecule has 72 valence electrons. The van der Waals surface area contributed by atoms with E-state index in [1.807, 2.05) is 32.2 Å². The molecule has 0 saturated heterocycles. The third-order valence-electron chi connectivity index (χ3n) is 2.15. The Bertz CT molecular complexity index is 264. The van der Waals surface area contributed by atoms with Crippen LogP contribution >= 0.6 is 11.6 Å². The van der Waals surface area contributed by atoms with Crippen molar-refractivity contribution in [2.45, 2.75) is 13.0 Å². The number of hydrogen-bond donors (Lipinski definition) is 2. The third kappa shape index (κ3) is 2.21. The fraction of sp³-hybridized carbons (Fsp3) is 0.400. The van der Waals surface area contributed by atoms with Crippen molar-refractivity contribution in [2.24, 2.45) is 0 Å². The van der Waals surface area contributed by atoms with Gasteiger partial charge in [-0.1, -0.05) is 23.7 Å². The molecule has 1 atom stereocenters. The predicted octanol–water partition coefficient (Wildman–Crippen LogP) is 1.90. The van der Waals surface area contributed by atoms with E-state index < -0.39 is 0 Å². The summed E-state index contributed by atoms with van der Waals surface area (Å²) in [6, 6.07) is 5.66. The SMILES string of the molecule is CNC(CO)c1c(C)cccc1Cl. The third-order valence-corrected chi connectivity index (χ3v) is 2.48. The van der Waals surface area contributed by atoms with Gasteiger partial charge in [-0.05, 0) is 31.2 Å². The summed E-state index contributed by atoms with van der Waals surface area (Å²) in [5, 5.41) is 12.8. The lowest BCUT2D eigenvalue weighted by Gasteiger charge is -2.17. The number of aliphatic hydroxyl groups is 1. The summed E-state index contributed by atoms with van der Waals surface area (Å²) in [5.41, 5.74) is 2.08. The van der Waals surface area contributed by atoms with Crippen LogP contribution in [0.3, 0.4) is 0 Å². The Kier molecular flexibility index (Phi) is 3.72. The Morgan fingerprint density at radius 3 is 2.69 bits per heavy atom. The van der Waals surface area contributed by atoms with Crippen LogP contribution in [0, 0.1) is 6.92 Å². The Hall–Kier alpha value is -0.570. The maximum absolute atomic E-state index is 9.11. The molecule has 0 spiro atoms. The zero-order valence-electron chi connectivity index (χ0n) is 7.84. The zero-order valence-corrected chi connectivity index (χ0v) is 8.60. The van der Waals surface area contributed by atoms with Crippen molar-refractivity contribution in [1.29, 1.82) is 0 Å². The van der Waals surface area contributed by atoms with Gasteiger partial charge in [-0.25, -0.2) is 0 Å². The van der Waals surface area contributed by atoms with Crippen LogP contribution in [-0.4, -0.2) is 18.8 Å². The molecule has 0 bridgehead atoms. The quantitative estimate of drug-likeness (QED) is 0.780. The molecule has 1 rings (SSSR count). The molecule has 2 nitrogen and oxygen atoms in total. The first-order chi connectivity index (χ1) is 6.20. The summed E-state index contributed by atoms with van der Waals surface area (Å²) in [6.45, 7) is 2.04. The maximum atomic E-state index is 9.11. The minimum Gasteiger partial charge on any atom is -0.394 e. The van der Waals surface area contributed by atoms with E-state index in [0.717, 1.165) is 11.1 Å². The monoisotopic (exact) mass is 199 g/mol. The van der Waals surface area contributed by atoms with Crippen LogP contribution in [0.4, 0.5) is 0 Å². The van der Waals surface area contributed by atoms with Gasteiger partial charge in [0.2, 0.25) is 0 Å². The minimum atomic E-state index is -0.0753. The Labute approximate surface area is 83.5 Å². The first-order valence-electron chi connectivity index (χ1n) is 4.23. The van der Waals surface area contributed by atoms with Gasteiger partial charge in [-0.15, -0.1) is 0 Å². The number of benzene rings is 1. The lowest BCUT2D eigenvalue weighted by molar-refractivity contribution is 0.250. The Morgan fingerprint density at radius 2 is 2.23 bits per heavy atom. The molecular weight excluding hydrogens is 186 g/mol. The van der Waals surface area contributed by atoms with Gasteiger partial charge in [0.25, 0.3) is 0 Å². The predicted molar refractivity (Wildman–Crippen MR) is 55.1 cm³/mol. The highest BCUT2D eigenvalue weighted by Gasteiger charge is 2.13. The highest BCUT2D eigenvalue weighted by molar-refractivity contribution is 6.31. The van der Waals surface area contributed by atoms with Gasteiger partial charge < -0.3 is 10.4 Å². The smallest absolute Gasteiger partial charge is 0.0627 e. The van der Waals surface area contributed by atoms with Crippen LogP contribution in [0.5, 0.6) is 0 Å². The fourth-order valence-corrected chi connectivity index (χ4v) is 1.77. The van der Waals surface area contributed by atoms with Gasteiger partial charge in [-0.2, -0.15) is 0 Å². The normalized spacial score (nSPS) is 12.9. The molecule has 1 aromatic rings. The molecule has 1 unspecified atom stereocenters. The van der Waals surface area contributed by atoms with E-state index in [9.17, 15) is 0 Å². The van der Waals surface area contributed by atoms with Crippen molar-refractivity contribution < 1.29 is 5.11 Å². The molecular formula is C10H14ClNO. The summed E-state index contributed by atoms with van der Waals surface area (Å²) in [6.07, 6.45) is 0. The topological polar surface area (TPSA) is 32.3 Å². The van der Waals surface area contributed by atoms with E-state index in [1.54, 1.807) is 0 Å². The Balaban J connectivity index is 3.10. The molecule has 2 N–H and O–H groups in total. The number of nitrogens with one attached hydrogen (secondary N) is 1. The zero-order chi connectivity index (χ0) is 9.84. The molecule has 0 aliphatic rings. The Morgan fingerprint density at radius 1 is 1.54 bits per heavy atom. The number of hydrogen-bond acceptors (Lipinski definition) is 2. The van der Waals surface area contributed by atoms with Crippen LogP contribution < -0.4 is 5.32 Å². The highest BCUT2D eigenvalue weighted by Crippen LogP contribution is 2.25. The summed E-state index contributed by atoms with van der Waals surface area (Å²) in [5.74, 6) is 0. The number of likely N-dealkylation sites (N-methyl/N-ethyl adjacent to an activating group) is 1. The molecule has 0 aliphatic heterocycles. The second-order valence-corrected chi connectivity index (χ2v) is 3.40. The standard InChI is InChI=1S/C10H14ClNO/c1-7-4-3-5-8(11)10(7)9(6-13)12-2/h3-5,9,12-13H,6H2,1-2H3. The number of halogens is 1. The van der Waals surface area contributed by atoms with Gasteiger partial charge in [0.15, 0.2) is 0 Å². The summed E-state index contributed by atoms with van der Waals surface area (Å²) < 4.78 is 0.